The van der Waals surface area contributed by atoms with E-state index in [0.717, 1.165) is 5.69 Å². The zero-order valence-corrected chi connectivity index (χ0v) is 11.5. The number of pyridine rings is 1. The van der Waals surface area contributed by atoms with Crippen LogP contribution in [0.25, 0.3) is 0 Å². The molecule has 3 heteroatoms. The Hall–Kier alpha value is -1.77. The van der Waals surface area contributed by atoms with Gasteiger partial charge in [-0.05, 0) is 29.5 Å². The van der Waals surface area contributed by atoms with Crippen LogP contribution in [-0.4, -0.2) is 15.0 Å². The molecular weight excluding hydrogens is 222 g/mol. The third-order valence-electron chi connectivity index (χ3n) is 2.55. The number of rotatable bonds is 2. The van der Waals surface area contributed by atoms with E-state index in [0.29, 0.717) is 11.8 Å². The smallest absolute Gasteiger partial charge is 0.0612 e. The molecule has 0 fully saturated rings. The summed E-state index contributed by atoms with van der Waals surface area (Å²) in [5.41, 5.74) is 2.41. The summed E-state index contributed by atoms with van der Waals surface area (Å²) >= 11 is 0. The van der Waals surface area contributed by atoms with Gasteiger partial charge in [-0.15, -0.1) is 0 Å². The average Bonchev–Trinajstić information content (AvgIpc) is 2.41. The molecule has 0 aliphatic heterocycles. The molecule has 0 aliphatic rings. The first-order chi connectivity index (χ1) is 8.61. The molecule has 0 atom stereocenters. The molecule has 18 heavy (non-hydrogen) atoms. The van der Waals surface area contributed by atoms with Crippen LogP contribution in [-0.2, 0) is 0 Å². The van der Waals surface area contributed by atoms with E-state index in [1.54, 1.807) is 18.6 Å². The normalized spacial score (nSPS) is 10.1. The van der Waals surface area contributed by atoms with Gasteiger partial charge < -0.3 is 0 Å². The van der Waals surface area contributed by atoms with E-state index in [-0.39, 0.29) is 0 Å². The van der Waals surface area contributed by atoms with Crippen LogP contribution in [0, 0.1) is 0 Å². The topological polar surface area (TPSA) is 38.7 Å². The zero-order valence-electron chi connectivity index (χ0n) is 11.5. The number of aromatic nitrogens is 3. The largest absolute Gasteiger partial charge is 0.265 e. The van der Waals surface area contributed by atoms with Gasteiger partial charge in [0.2, 0.25) is 0 Å². The van der Waals surface area contributed by atoms with Crippen molar-refractivity contribution in [3.63, 3.8) is 0 Å². The first kappa shape index (κ1) is 14.3. The summed E-state index contributed by atoms with van der Waals surface area (Å²) in [4.78, 5) is 12.0. The monoisotopic (exact) mass is 243 g/mol. The Morgan fingerprint density at radius 3 is 1.78 bits per heavy atom. The molecule has 0 amide bonds. The van der Waals surface area contributed by atoms with Crippen LogP contribution in [0.3, 0.4) is 0 Å². The van der Waals surface area contributed by atoms with Crippen LogP contribution >= 0.6 is 0 Å². The summed E-state index contributed by atoms with van der Waals surface area (Å²) in [5.74, 6) is 1.10. The van der Waals surface area contributed by atoms with Crippen molar-refractivity contribution >= 4 is 0 Å². The van der Waals surface area contributed by atoms with Gasteiger partial charge in [-0.3, -0.25) is 15.0 Å². The van der Waals surface area contributed by atoms with E-state index in [1.807, 2.05) is 24.5 Å². The molecule has 2 rings (SSSR count). The zero-order chi connectivity index (χ0) is 13.4. The van der Waals surface area contributed by atoms with Crippen molar-refractivity contribution < 1.29 is 0 Å². The molecule has 2 aromatic rings. The van der Waals surface area contributed by atoms with Crippen LogP contribution in [0.5, 0.6) is 0 Å². The van der Waals surface area contributed by atoms with Gasteiger partial charge in [0.15, 0.2) is 0 Å². The summed E-state index contributed by atoms with van der Waals surface area (Å²) < 4.78 is 0. The van der Waals surface area contributed by atoms with Crippen LogP contribution in [0.15, 0.2) is 43.1 Å². The summed E-state index contributed by atoms with van der Waals surface area (Å²) in [5, 5.41) is 0. The first-order valence-electron chi connectivity index (χ1n) is 6.27. The molecule has 0 bridgehead atoms. The first-order valence-corrected chi connectivity index (χ1v) is 6.27. The SMILES string of the molecule is CC(C)c1ccncc1.CC(C)c1cnccn1. The fourth-order valence-corrected chi connectivity index (χ4v) is 1.36. The summed E-state index contributed by atoms with van der Waals surface area (Å²) in [6, 6.07) is 4.09. The highest BCUT2D eigenvalue weighted by Gasteiger charge is 1.96. The van der Waals surface area contributed by atoms with E-state index in [9.17, 15) is 0 Å². The van der Waals surface area contributed by atoms with Gasteiger partial charge in [0.05, 0.1) is 5.69 Å². The fourth-order valence-electron chi connectivity index (χ4n) is 1.36. The lowest BCUT2D eigenvalue weighted by molar-refractivity contribution is 0.812. The molecule has 0 saturated heterocycles. The predicted octanol–water partition coefficient (Wildman–Crippen LogP) is 3.81. The maximum Gasteiger partial charge on any atom is 0.0612 e. The number of hydrogen-bond acceptors (Lipinski definition) is 3. The van der Waals surface area contributed by atoms with Crippen molar-refractivity contribution in [2.24, 2.45) is 0 Å². The van der Waals surface area contributed by atoms with Gasteiger partial charge in [0.25, 0.3) is 0 Å². The van der Waals surface area contributed by atoms with Crippen LogP contribution in [0.1, 0.15) is 50.8 Å². The van der Waals surface area contributed by atoms with Crippen molar-refractivity contribution in [2.75, 3.05) is 0 Å². The molecule has 3 nitrogen and oxygen atoms in total. The average molecular weight is 243 g/mol. The highest BCUT2D eigenvalue weighted by Crippen LogP contribution is 2.10. The number of hydrogen-bond donors (Lipinski definition) is 0. The van der Waals surface area contributed by atoms with Gasteiger partial charge in [0, 0.05) is 31.0 Å². The molecule has 2 aromatic heterocycles. The molecule has 0 radical (unpaired) electrons. The summed E-state index contributed by atoms with van der Waals surface area (Å²) in [6.45, 7) is 8.55. The van der Waals surface area contributed by atoms with Crippen LogP contribution in [0.2, 0.25) is 0 Å². The second-order valence-electron chi connectivity index (χ2n) is 4.72. The van der Waals surface area contributed by atoms with Crippen molar-refractivity contribution in [1.29, 1.82) is 0 Å². The summed E-state index contributed by atoms with van der Waals surface area (Å²) in [7, 11) is 0. The molecule has 2 heterocycles. The Balaban J connectivity index is 0.000000180. The number of nitrogens with zero attached hydrogens (tertiary/aromatic N) is 3. The minimum absolute atomic E-state index is 0.485. The van der Waals surface area contributed by atoms with E-state index in [1.165, 1.54) is 5.56 Å². The molecule has 0 aliphatic carbocycles. The lowest BCUT2D eigenvalue weighted by Gasteiger charge is -2.01. The maximum atomic E-state index is 4.12. The molecule has 0 spiro atoms. The molecule has 0 aromatic carbocycles. The molecule has 0 unspecified atom stereocenters. The third-order valence-corrected chi connectivity index (χ3v) is 2.55. The van der Waals surface area contributed by atoms with E-state index in [4.69, 9.17) is 0 Å². The third kappa shape index (κ3) is 5.04. The van der Waals surface area contributed by atoms with Gasteiger partial charge in [0.1, 0.15) is 0 Å². The maximum absolute atomic E-state index is 4.12. The molecule has 96 valence electrons. The predicted molar refractivity (Wildman–Crippen MR) is 74.4 cm³/mol. The van der Waals surface area contributed by atoms with Gasteiger partial charge in [-0.25, -0.2) is 0 Å². The molecule has 0 N–H and O–H groups in total. The van der Waals surface area contributed by atoms with Gasteiger partial charge in [-0.2, -0.15) is 0 Å². The Morgan fingerprint density at radius 1 is 0.778 bits per heavy atom. The Kier molecular flexibility index (Phi) is 5.98. The lowest BCUT2D eigenvalue weighted by atomic mass is 10.1. The quantitative estimate of drug-likeness (QED) is 0.805. The van der Waals surface area contributed by atoms with Crippen molar-refractivity contribution in [3.8, 4) is 0 Å². The second-order valence-corrected chi connectivity index (χ2v) is 4.72. The molecular formula is C15H21N3. The Morgan fingerprint density at radius 2 is 1.44 bits per heavy atom. The second kappa shape index (κ2) is 7.54. The minimum Gasteiger partial charge on any atom is -0.265 e. The summed E-state index contributed by atoms with van der Waals surface area (Å²) in [6.07, 6.45) is 8.86. The van der Waals surface area contributed by atoms with E-state index in [2.05, 4.69) is 42.6 Å². The standard InChI is InChI=1S/C8H11N.C7H10N2/c1-7(2)8-3-5-9-6-4-8;1-6(2)7-5-8-3-4-9-7/h3-7H,1-2H3;3-6H,1-2H3. The highest BCUT2D eigenvalue weighted by atomic mass is 14.8. The van der Waals surface area contributed by atoms with Crippen molar-refractivity contribution in [1.82, 2.24) is 15.0 Å². The van der Waals surface area contributed by atoms with Crippen molar-refractivity contribution in [3.05, 3.63) is 54.4 Å². The van der Waals surface area contributed by atoms with Crippen LogP contribution in [0.4, 0.5) is 0 Å². The Bertz CT molecular complexity index is 381. The lowest BCUT2D eigenvalue weighted by Crippen LogP contribution is -1.91. The van der Waals surface area contributed by atoms with Crippen molar-refractivity contribution in [2.45, 2.75) is 39.5 Å². The van der Waals surface area contributed by atoms with Gasteiger partial charge >= 0.3 is 0 Å². The van der Waals surface area contributed by atoms with E-state index < -0.39 is 0 Å². The fraction of sp³-hybridized carbons (Fsp3) is 0.400. The minimum atomic E-state index is 0.485. The van der Waals surface area contributed by atoms with Gasteiger partial charge in [-0.1, -0.05) is 27.7 Å². The van der Waals surface area contributed by atoms with E-state index >= 15 is 0 Å². The Labute approximate surface area is 109 Å². The van der Waals surface area contributed by atoms with Crippen LogP contribution < -0.4 is 0 Å². The molecule has 0 saturated carbocycles. The highest BCUT2D eigenvalue weighted by molar-refractivity contribution is 5.13.